The quantitative estimate of drug-likeness (QED) is 0.690. The van der Waals surface area contributed by atoms with E-state index in [1.54, 1.807) is 16.8 Å². The number of anilines is 1. The van der Waals surface area contributed by atoms with Crippen LogP contribution in [0.25, 0.3) is 11.1 Å². The van der Waals surface area contributed by atoms with E-state index in [2.05, 4.69) is 5.32 Å². The lowest BCUT2D eigenvalue weighted by atomic mass is 9.91. The Balaban J connectivity index is 1.80. The van der Waals surface area contributed by atoms with Gasteiger partial charge < -0.3 is 10.1 Å². The molecule has 1 aromatic heterocycles. The van der Waals surface area contributed by atoms with Gasteiger partial charge in [-0.15, -0.1) is 0 Å². The van der Waals surface area contributed by atoms with Gasteiger partial charge in [0.25, 0.3) is 5.91 Å². The minimum absolute atomic E-state index is 0.000247. The molecule has 0 atom stereocenters. The lowest BCUT2D eigenvalue weighted by molar-refractivity contribution is -0.111. The maximum absolute atomic E-state index is 13.6. The second-order valence-corrected chi connectivity index (χ2v) is 9.45. The first-order valence-corrected chi connectivity index (χ1v) is 9.94. The normalized spacial score (nSPS) is 19.9. The average molecular weight is 408 g/mol. The number of carbonyl (C=O) groups excluding carboxylic acids is 2. The Labute approximate surface area is 175 Å². The van der Waals surface area contributed by atoms with Crippen LogP contribution in [0.15, 0.2) is 48.4 Å². The third kappa shape index (κ3) is 3.47. The predicted octanol–water partition coefficient (Wildman–Crippen LogP) is 5.26. The predicted molar refractivity (Wildman–Crippen MR) is 114 cm³/mol. The molecule has 5 nitrogen and oxygen atoms in total. The standard InChI is InChI=1S/C24H25FN2O3/c1-23(2,3)13-20(28)27-10-6-7-18(27)16-12-19(30-24(16,4)5)21-15-9-8-14(25)11-17(15)26-22(21)29/h6-12H,13H2,1-5H3,(H,26,29). The van der Waals surface area contributed by atoms with Crippen LogP contribution in [0.1, 0.15) is 57.1 Å². The van der Waals surface area contributed by atoms with Crippen molar-refractivity contribution < 1.29 is 18.7 Å². The molecule has 30 heavy (non-hydrogen) atoms. The molecule has 1 amide bonds. The number of hydrogen-bond acceptors (Lipinski definition) is 3. The van der Waals surface area contributed by atoms with Crippen LogP contribution in [0, 0.1) is 11.2 Å². The fourth-order valence-corrected chi connectivity index (χ4v) is 3.92. The van der Waals surface area contributed by atoms with Crippen molar-refractivity contribution in [2.24, 2.45) is 5.41 Å². The second kappa shape index (κ2) is 6.69. The van der Waals surface area contributed by atoms with Gasteiger partial charge in [0.1, 0.15) is 17.2 Å². The first-order valence-electron chi connectivity index (χ1n) is 9.94. The number of aromatic nitrogens is 1. The number of fused-ring (bicyclic) bond motifs is 1. The Morgan fingerprint density at radius 1 is 1.23 bits per heavy atom. The average Bonchev–Trinajstić information content (AvgIpc) is 3.27. The van der Waals surface area contributed by atoms with Gasteiger partial charge in [-0.2, -0.15) is 0 Å². The van der Waals surface area contributed by atoms with Crippen molar-refractivity contribution in [3.05, 3.63) is 65.4 Å². The second-order valence-electron chi connectivity index (χ2n) is 9.45. The third-order valence-electron chi connectivity index (χ3n) is 5.24. The minimum atomic E-state index is -0.747. The van der Waals surface area contributed by atoms with E-state index in [4.69, 9.17) is 4.74 Å². The summed E-state index contributed by atoms with van der Waals surface area (Å²) in [6.45, 7) is 9.87. The van der Waals surface area contributed by atoms with Gasteiger partial charge in [0.2, 0.25) is 5.91 Å². The number of benzene rings is 1. The molecule has 0 spiro atoms. The van der Waals surface area contributed by atoms with E-state index in [0.29, 0.717) is 29.0 Å². The number of rotatable bonds is 2. The van der Waals surface area contributed by atoms with Crippen molar-refractivity contribution in [2.45, 2.75) is 46.6 Å². The monoisotopic (exact) mass is 408 g/mol. The Morgan fingerprint density at radius 2 is 1.97 bits per heavy atom. The maximum atomic E-state index is 13.6. The molecule has 4 rings (SSSR count). The summed E-state index contributed by atoms with van der Waals surface area (Å²) in [4.78, 5) is 25.5. The molecule has 1 aromatic carbocycles. The molecule has 6 heteroatoms. The summed E-state index contributed by atoms with van der Waals surface area (Å²) in [7, 11) is 0. The SMILES string of the molecule is CC(C)(C)CC(=O)n1cccc1C1=CC(=C2C(=O)Nc3cc(F)ccc32)OC1(C)C. The fraction of sp³-hybridized carbons (Fsp3) is 0.333. The zero-order valence-corrected chi connectivity index (χ0v) is 17.8. The van der Waals surface area contributed by atoms with Gasteiger partial charge in [0.15, 0.2) is 0 Å². The molecule has 2 aliphatic heterocycles. The zero-order chi connectivity index (χ0) is 21.8. The first-order chi connectivity index (χ1) is 14.0. The Kier molecular flexibility index (Phi) is 4.49. The number of halogens is 1. The highest BCUT2D eigenvalue weighted by atomic mass is 19.1. The molecule has 156 valence electrons. The largest absolute Gasteiger partial charge is 0.482 e. The van der Waals surface area contributed by atoms with Crippen molar-refractivity contribution in [3.8, 4) is 0 Å². The van der Waals surface area contributed by atoms with E-state index in [0.717, 1.165) is 11.3 Å². The summed E-state index contributed by atoms with van der Waals surface area (Å²) in [5.41, 5.74) is 2.06. The summed E-state index contributed by atoms with van der Waals surface area (Å²) in [5, 5.41) is 2.69. The molecular weight excluding hydrogens is 383 g/mol. The molecule has 1 N–H and O–H groups in total. The van der Waals surface area contributed by atoms with Crippen LogP contribution in [-0.4, -0.2) is 22.0 Å². The fourth-order valence-electron chi connectivity index (χ4n) is 3.92. The lowest BCUT2D eigenvalue weighted by Crippen LogP contribution is -2.25. The molecule has 0 bridgehead atoms. The number of amides is 1. The van der Waals surface area contributed by atoms with Crippen LogP contribution in [0.5, 0.6) is 0 Å². The minimum Gasteiger partial charge on any atom is -0.482 e. The Hall–Kier alpha value is -3.15. The number of carbonyl (C=O) groups is 2. The zero-order valence-electron chi connectivity index (χ0n) is 17.8. The Morgan fingerprint density at radius 3 is 2.67 bits per heavy atom. The molecular formula is C24H25FN2O3. The van der Waals surface area contributed by atoms with Crippen molar-refractivity contribution in [1.82, 2.24) is 4.57 Å². The molecule has 0 saturated heterocycles. The first kappa shape index (κ1) is 20.1. The Bertz CT molecular complexity index is 1130. The molecule has 0 aliphatic carbocycles. The highest BCUT2D eigenvalue weighted by Gasteiger charge is 2.39. The third-order valence-corrected chi connectivity index (χ3v) is 5.24. The summed E-state index contributed by atoms with van der Waals surface area (Å²) >= 11 is 0. The van der Waals surface area contributed by atoms with E-state index in [1.165, 1.54) is 12.1 Å². The summed E-state index contributed by atoms with van der Waals surface area (Å²) in [6, 6.07) is 7.90. The molecule has 0 saturated carbocycles. The summed E-state index contributed by atoms with van der Waals surface area (Å²) < 4.78 is 21.4. The van der Waals surface area contributed by atoms with Gasteiger partial charge in [-0.25, -0.2) is 4.39 Å². The van der Waals surface area contributed by atoms with Gasteiger partial charge in [-0.3, -0.25) is 14.2 Å². The molecule has 2 aromatic rings. The van der Waals surface area contributed by atoms with Crippen LogP contribution in [0.4, 0.5) is 10.1 Å². The number of hydrogen-bond donors (Lipinski definition) is 1. The van der Waals surface area contributed by atoms with E-state index in [-0.39, 0.29) is 17.2 Å². The maximum Gasteiger partial charge on any atom is 0.260 e. The highest BCUT2D eigenvalue weighted by molar-refractivity contribution is 6.32. The molecule has 0 fully saturated rings. The smallest absolute Gasteiger partial charge is 0.260 e. The van der Waals surface area contributed by atoms with Crippen LogP contribution in [0.2, 0.25) is 0 Å². The topological polar surface area (TPSA) is 60.3 Å². The van der Waals surface area contributed by atoms with E-state index < -0.39 is 11.4 Å². The number of ether oxygens (including phenoxy) is 1. The van der Waals surface area contributed by atoms with Crippen molar-refractivity contribution in [2.75, 3.05) is 5.32 Å². The van der Waals surface area contributed by atoms with Gasteiger partial charge in [0.05, 0.1) is 17.0 Å². The van der Waals surface area contributed by atoms with E-state index in [1.807, 2.05) is 52.8 Å². The summed E-state index contributed by atoms with van der Waals surface area (Å²) in [5.74, 6) is -0.342. The van der Waals surface area contributed by atoms with Crippen LogP contribution < -0.4 is 5.32 Å². The molecule has 0 radical (unpaired) electrons. The van der Waals surface area contributed by atoms with Crippen LogP contribution in [0.3, 0.4) is 0 Å². The van der Waals surface area contributed by atoms with Gasteiger partial charge in [-0.1, -0.05) is 20.8 Å². The van der Waals surface area contributed by atoms with E-state index in [9.17, 15) is 14.0 Å². The van der Waals surface area contributed by atoms with Gasteiger partial charge in [-0.05, 0) is 55.7 Å². The van der Waals surface area contributed by atoms with Crippen LogP contribution in [-0.2, 0) is 9.53 Å². The molecule has 2 aliphatic rings. The summed E-state index contributed by atoms with van der Waals surface area (Å²) in [6.07, 6.45) is 3.97. The highest BCUT2D eigenvalue weighted by Crippen LogP contribution is 2.44. The number of allylic oxidation sites excluding steroid dienone is 1. The molecule has 0 unspecified atom stereocenters. The van der Waals surface area contributed by atoms with Gasteiger partial charge in [0, 0.05) is 23.8 Å². The number of nitrogens with zero attached hydrogens (tertiary/aromatic N) is 1. The number of nitrogens with one attached hydrogen (secondary N) is 1. The van der Waals surface area contributed by atoms with Gasteiger partial charge >= 0.3 is 0 Å². The lowest BCUT2D eigenvalue weighted by Gasteiger charge is -2.24. The molecule has 3 heterocycles. The van der Waals surface area contributed by atoms with E-state index >= 15 is 0 Å². The van der Waals surface area contributed by atoms with Crippen molar-refractivity contribution in [3.63, 3.8) is 0 Å². The van der Waals surface area contributed by atoms with Crippen molar-refractivity contribution >= 4 is 28.6 Å². The van der Waals surface area contributed by atoms with Crippen molar-refractivity contribution in [1.29, 1.82) is 0 Å². The van der Waals surface area contributed by atoms with Crippen LogP contribution >= 0.6 is 0 Å².